The van der Waals surface area contributed by atoms with Crippen molar-refractivity contribution in [2.75, 3.05) is 38.3 Å². The van der Waals surface area contributed by atoms with E-state index in [1.807, 2.05) is 0 Å². The molecule has 3 aromatic heterocycles. The molecule has 298 valence electrons. The lowest BCUT2D eigenvalue weighted by molar-refractivity contribution is -0.154. The number of nitrogen functional groups attached to an aromatic ring is 2. The number of hydrogen-bond acceptors (Lipinski definition) is 18. The van der Waals surface area contributed by atoms with Crippen LogP contribution in [-0.4, -0.2) is 124 Å². The molecule has 2 saturated heterocycles. The number of rotatable bonds is 18. The van der Waals surface area contributed by atoms with Gasteiger partial charge in [-0.2, -0.15) is 9.97 Å². The molecule has 2 fully saturated rings. The minimum Gasteiger partial charge on any atom is -0.481 e. The Morgan fingerprint density at radius 1 is 1.07 bits per heavy atom. The van der Waals surface area contributed by atoms with Gasteiger partial charge >= 0.3 is 33.2 Å². The number of carboxylic acids is 2. The van der Waals surface area contributed by atoms with Crippen LogP contribution < -0.4 is 27.8 Å². The Kier molecular flexibility index (Phi) is 12.7. The van der Waals surface area contributed by atoms with E-state index >= 15 is 0 Å². The van der Waals surface area contributed by atoms with Crippen LogP contribution in [-0.2, 0) is 46.5 Å². The molecule has 0 aliphatic carbocycles. The van der Waals surface area contributed by atoms with E-state index in [4.69, 9.17) is 34.7 Å². The van der Waals surface area contributed by atoms with Crippen molar-refractivity contribution in [3.8, 4) is 0 Å². The zero-order chi connectivity index (χ0) is 39.5. The standard InChI is InChI=1S/C26H37N9O17P2/c1-47-18-17(14(9-49-54(44,45)46)51-22(18)35-10-29-16-19(35)32-25(28)33-20(16)37)52-53(43,30-5-2-3-12(23(38)39)24(40)41)48-8-11-7-13(36)21(50-11)34-6-4-15(27)31-26(34)42/h4,6,10-14,17-18,21-22,36H,2-3,5,7-9H2,1H3,(H,30,43)(H,38,39)(H,40,41)(H2,27,31,42)(H2,44,45,46)(H3,28,32,33,37)/t11-,13+,14+,17+,18+,21+,22+,53+/m0/s1. The molecule has 8 atom stereocenters. The number of nitrogens with one attached hydrogen (secondary N) is 2. The van der Waals surface area contributed by atoms with Crippen LogP contribution in [0.2, 0.25) is 0 Å². The van der Waals surface area contributed by atoms with Crippen LogP contribution in [0.25, 0.3) is 11.2 Å². The fourth-order valence-electron chi connectivity index (χ4n) is 5.78. The number of phosphoric ester groups is 1. The zero-order valence-corrected chi connectivity index (χ0v) is 29.8. The number of anilines is 2. The minimum atomic E-state index is -5.13. The van der Waals surface area contributed by atoms with Gasteiger partial charge in [0, 0.05) is 26.3 Å². The number of aliphatic hydroxyl groups is 1. The van der Waals surface area contributed by atoms with Gasteiger partial charge in [-0.25, -0.2) is 24.0 Å². The molecule has 54 heavy (non-hydrogen) atoms. The summed E-state index contributed by atoms with van der Waals surface area (Å²) in [5, 5.41) is 31.7. The first-order chi connectivity index (χ1) is 25.4. The maximum Gasteiger partial charge on any atom is 0.469 e. The number of nitrogens with two attached hydrogens (primary N) is 2. The normalized spacial score (nSPS) is 25.7. The molecule has 3 aromatic rings. The summed E-state index contributed by atoms with van der Waals surface area (Å²) >= 11 is 0. The maximum absolute atomic E-state index is 14.5. The van der Waals surface area contributed by atoms with E-state index in [1.54, 1.807) is 0 Å². The molecular weight excluding hydrogens is 772 g/mol. The van der Waals surface area contributed by atoms with E-state index in [-0.39, 0.29) is 42.3 Å². The van der Waals surface area contributed by atoms with Gasteiger partial charge in [-0.15, -0.1) is 0 Å². The highest BCUT2D eigenvalue weighted by atomic mass is 31.2. The van der Waals surface area contributed by atoms with Crippen molar-refractivity contribution in [3.63, 3.8) is 0 Å². The summed E-state index contributed by atoms with van der Waals surface area (Å²) < 4.78 is 62.1. The quantitative estimate of drug-likeness (QED) is 0.0376. The van der Waals surface area contributed by atoms with Gasteiger partial charge in [0.2, 0.25) is 5.95 Å². The number of carbonyl (C=O) groups is 2. The third-order valence-corrected chi connectivity index (χ3v) is 10.3. The molecule has 0 amide bonds. The van der Waals surface area contributed by atoms with Crippen molar-refractivity contribution in [2.24, 2.45) is 5.92 Å². The topological polar surface area (TPSA) is 387 Å². The molecule has 2 aliphatic heterocycles. The summed E-state index contributed by atoms with van der Waals surface area (Å²) in [5.74, 6) is -5.35. The molecule has 2 aliphatic rings. The number of hydrogen-bond donors (Lipinski definition) is 9. The van der Waals surface area contributed by atoms with E-state index in [9.17, 15) is 53.4 Å². The fourth-order valence-corrected chi connectivity index (χ4v) is 7.72. The number of nitrogens with zero attached hydrogens (tertiary/aromatic N) is 5. The molecule has 26 nitrogen and oxygen atoms in total. The molecule has 0 radical (unpaired) electrons. The van der Waals surface area contributed by atoms with E-state index in [2.05, 4.69) is 29.5 Å². The number of aromatic nitrogens is 6. The average Bonchev–Trinajstić information content (AvgIpc) is 3.76. The Labute approximate surface area is 302 Å². The van der Waals surface area contributed by atoms with E-state index in [0.717, 1.165) is 10.9 Å². The fraction of sp³-hybridized carbons (Fsp3) is 0.577. The highest BCUT2D eigenvalue weighted by Crippen LogP contribution is 2.51. The number of fused-ring (bicyclic) bond motifs is 1. The third kappa shape index (κ3) is 9.55. The first-order valence-corrected chi connectivity index (χ1v) is 18.9. The number of methoxy groups -OCH3 is 1. The Bertz CT molecular complexity index is 2040. The Morgan fingerprint density at radius 2 is 1.80 bits per heavy atom. The summed E-state index contributed by atoms with van der Waals surface area (Å²) in [5.41, 5.74) is 9.48. The van der Waals surface area contributed by atoms with Crippen molar-refractivity contribution < 1.29 is 71.6 Å². The predicted octanol–water partition coefficient (Wildman–Crippen LogP) is -2.12. The van der Waals surface area contributed by atoms with Gasteiger partial charge in [-0.05, 0) is 18.9 Å². The van der Waals surface area contributed by atoms with Crippen LogP contribution in [0.5, 0.6) is 0 Å². The predicted molar refractivity (Wildman–Crippen MR) is 177 cm³/mol. The lowest BCUT2D eigenvalue weighted by Crippen LogP contribution is -2.39. The second-order valence-electron chi connectivity index (χ2n) is 12.0. The van der Waals surface area contributed by atoms with Gasteiger partial charge in [0.1, 0.15) is 30.2 Å². The van der Waals surface area contributed by atoms with Crippen LogP contribution in [0.4, 0.5) is 11.8 Å². The third-order valence-electron chi connectivity index (χ3n) is 8.24. The number of aromatic amines is 1. The Morgan fingerprint density at radius 3 is 2.44 bits per heavy atom. The molecule has 0 saturated carbocycles. The molecule has 5 heterocycles. The number of aliphatic hydroxyl groups excluding tert-OH is 1. The molecule has 28 heteroatoms. The van der Waals surface area contributed by atoms with Gasteiger partial charge in [0.05, 0.1) is 25.6 Å². The zero-order valence-electron chi connectivity index (χ0n) is 28.0. The second kappa shape index (κ2) is 16.7. The summed E-state index contributed by atoms with van der Waals surface area (Å²) in [6.45, 7) is -1.80. The van der Waals surface area contributed by atoms with E-state index in [0.29, 0.717) is 0 Å². The molecule has 0 spiro atoms. The maximum atomic E-state index is 14.5. The van der Waals surface area contributed by atoms with Crippen LogP contribution in [0.15, 0.2) is 28.2 Å². The molecule has 5 rings (SSSR count). The van der Waals surface area contributed by atoms with Crippen molar-refractivity contribution >= 4 is 50.4 Å². The summed E-state index contributed by atoms with van der Waals surface area (Å²) in [6, 6.07) is 1.30. The van der Waals surface area contributed by atoms with Crippen LogP contribution in [0.1, 0.15) is 31.7 Å². The monoisotopic (exact) mass is 809 g/mol. The first-order valence-electron chi connectivity index (χ1n) is 15.8. The second-order valence-corrected chi connectivity index (χ2v) is 15.0. The Hall–Kier alpha value is -4.17. The smallest absolute Gasteiger partial charge is 0.469 e. The van der Waals surface area contributed by atoms with Crippen molar-refractivity contribution in [1.29, 1.82) is 0 Å². The number of phosphoric acid groups is 1. The lowest BCUT2D eigenvalue weighted by Gasteiger charge is -2.29. The van der Waals surface area contributed by atoms with Gasteiger partial charge in [0.25, 0.3) is 5.56 Å². The van der Waals surface area contributed by atoms with Crippen molar-refractivity contribution in [3.05, 3.63) is 39.4 Å². The van der Waals surface area contributed by atoms with Crippen molar-refractivity contribution in [2.45, 2.75) is 62.2 Å². The van der Waals surface area contributed by atoms with Crippen LogP contribution in [0, 0.1) is 5.92 Å². The minimum absolute atomic E-state index is 0.0712. The Balaban J connectivity index is 1.42. The van der Waals surface area contributed by atoms with Gasteiger partial charge < -0.3 is 50.8 Å². The highest BCUT2D eigenvalue weighted by Gasteiger charge is 2.51. The largest absolute Gasteiger partial charge is 0.481 e. The van der Waals surface area contributed by atoms with Crippen LogP contribution >= 0.6 is 15.6 Å². The molecule has 0 aromatic carbocycles. The highest BCUT2D eigenvalue weighted by molar-refractivity contribution is 7.51. The molecule has 0 unspecified atom stereocenters. The summed E-state index contributed by atoms with van der Waals surface area (Å²) in [7, 11) is -8.65. The van der Waals surface area contributed by atoms with Gasteiger partial charge in [-0.3, -0.25) is 42.1 Å². The van der Waals surface area contributed by atoms with E-state index < -0.39 is 107 Å². The lowest BCUT2D eigenvalue weighted by atomic mass is 10.0. The summed E-state index contributed by atoms with van der Waals surface area (Å²) in [6.07, 6.45) is -7.62. The number of carboxylic acid groups (broad SMARTS) is 2. The van der Waals surface area contributed by atoms with Crippen LogP contribution in [0.3, 0.4) is 0 Å². The molecule has 11 N–H and O–H groups in total. The number of ether oxygens (including phenoxy) is 3. The number of aliphatic carboxylic acids is 2. The summed E-state index contributed by atoms with van der Waals surface area (Å²) in [4.78, 5) is 80.5. The first kappa shape index (κ1) is 41.0. The van der Waals surface area contributed by atoms with Gasteiger partial charge in [-0.1, -0.05) is 0 Å². The number of H-pyrrole nitrogens is 1. The molecule has 0 bridgehead atoms. The SMILES string of the molecule is CO[C@@H]1[C@H](O[P@@](=O)(NCCCC(C(=O)O)C(=O)O)OC[C@@H]2C[C@@H](O)[C@H](n3ccc(N)nc3=O)O2)[C@@H](COP(=O)(O)O)O[C@H]1n1cnc2c(=O)[nH]c(N)nc21. The average molecular weight is 810 g/mol. The molecular formula is C26H37N9O17P2. The van der Waals surface area contributed by atoms with Crippen molar-refractivity contribution in [1.82, 2.24) is 34.2 Å². The van der Waals surface area contributed by atoms with Gasteiger partial charge in [0.15, 0.2) is 29.5 Å². The van der Waals surface area contributed by atoms with E-state index in [1.165, 1.54) is 23.9 Å². The number of imidazole rings is 1.